The molecule has 0 bridgehead atoms. The van der Waals surface area contributed by atoms with E-state index in [0.717, 1.165) is 0 Å². The average Bonchev–Trinajstić information content (AvgIpc) is 2.89. The minimum absolute atomic E-state index is 1.33. The minimum Gasteiger partial charge on any atom is -0.0628 e. The summed E-state index contributed by atoms with van der Waals surface area (Å²) in [6, 6.07) is 49.8. The van der Waals surface area contributed by atoms with Gasteiger partial charge in [-0.3, -0.25) is 0 Å². The van der Waals surface area contributed by atoms with Gasteiger partial charge in [0.05, 0.1) is 0 Å². The summed E-state index contributed by atoms with van der Waals surface area (Å²) >= 11 is 0. The van der Waals surface area contributed by atoms with Crippen LogP contribution in [0.2, 0.25) is 13.1 Å². The van der Waals surface area contributed by atoms with Crippen LogP contribution in [-0.2, 0) is 0 Å². The van der Waals surface area contributed by atoms with Crippen molar-refractivity contribution in [3.8, 4) is 0 Å². The molecule has 0 unspecified atom stereocenters. The Morgan fingerprint density at radius 1 is 0.375 bits per heavy atom. The van der Waals surface area contributed by atoms with Crippen molar-refractivity contribution in [1.82, 2.24) is 0 Å². The van der Waals surface area contributed by atoms with Crippen LogP contribution in [0, 0.1) is 0 Å². The Morgan fingerprint density at radius 2 is 0.781 bits per heavy atom. The first kappa shape index (κ1) is 20.7. The van der Waals surface area contributed by atoms with Gasteiger partial charge in [0.15, 0.2) is 0 Å². The molecule has 0 aliphatic carbocycles. The highest BCUT2D eigenvalue weighted by Gasteiger charge is 2.53. The molecule has 0 saturated carbocycles. The van der Waals surface area contributed by atoms with Gasteiger partial charge in [-0.1, -0.05) is 162 Å². The second-order valence-corrected chi connectivity index (χ2v) is 21.6. The Labute approximate surface area is 193 Å². The Bertz CT molecular complexity index is 1290. The summed E-state index contributed by atoms with van der Waals surface area (Å²) in [7, 11) is -4.48. The van der Waals surface area contributed by atoms with Crippen LogP contribution in [-0.4, -0.2) is 15.2 Å². The molecule has 5 rings (SSSR count). The Morgan fingerprint density at radius 3 is 1.31 bits per heavy atom. The van der Waals surface area contributed by atoms with E-state index in [1.165, 1.54) is 26.3 Å². The van der Waals surface area contributed by atoms with Gasteiger partial charge in [-0.2, -0.15) is 0 Å². The van der Waals surface area contributed by atoms with Crippen molar-refractivity contribution in [1.29, 1.82) is 0 Å². The lowest BCUT2D eigenvalue weighted by atomic mass is 10.1. The van der Waals surface area contributed by atoms with E-state index in [9.17, 15) is 0 Å². The zero-order chi connectivity index (χ0) is 22.0. The topological polar surface area (TPSA) is 0 Å². The van der Waals surface area contributed by atoms with Gasteiger partial charge < -0.3 is 0 Å². The van der Waals surface area contributed by atoms with Crippen LogP contribution < -0.4 is 20.7 Å². The van der Waals surface area contributed by atoms with E-state index < -0.39 is 15.2 Å². The molecule has 0 fully saturated rings. The summed E-state index contributed by atoms with van der Waals surface area (Å²) in [5, 5.41) is 8.81. The van der Waals surface area contributed by atoms with Crippen molar-refractivity contribution >= 4 is 46.7 Å². The fraction of sp³-hybridized carbons (Fsp3) is 0.0667. The molecule has 5 aromatic rings. The van der Waals surface area contributed by atoms with E-state index >= 15 is 0 Å². The van der Waals surface area contributed by atoms with E-state index in [-0.39, 0.29) is 0 Å². The highest BCUT2D eigenvalue weighted by Crippen LogP contribution is 2.24. The summed E-state index contributed by atoms with van der Waals surface area (Å²) in [6.45, 7) is 5.23. The number of rotatable bonds is 5. The number of benzene rings is 5. The molecule has 0 heterocycles. The lowest BCUT2D eigenvalue weighted by molar-refractivity contribution is 1.68. The fourth-order valence-corrected chi connectivity index (χ4v) is 21.1. The molecular weight excluding hydrogens is 417 g/mol. The van der Waals surface area contributed by atoms with Crippen LogP contribution in [0.1, 0.15) is 0 Å². The van der Waals surface area contributed by atoms with Crippen LogP contribution in [0.25, 0.3) is 10.8 Å². The van der Waals surface area contributed by atoms with Crippen LogP contribution in [0.3, 0.4) is 0 Å². The van der Waals surface area contributed by atoms with Gasteiger partial charge in [-0.15, -0.1) is 0 Å². The second kappa shape index (κ2) is 8.38. The van der Waals surface area contributed by atoms with Gasteiger partial charge in [0.1, 0.15) is 15.2 Å². The Hall–Kier alpha value is -3.21. The molecule has 0 amide bonds. The molecule has 0 spiro atoms. The third-order valence-corrected chi connectivity index (χ3v) is 24.8. The number of hydrogen-bond acceptors (Lipinski definition) is 0. The van der Waals surface area contributed by atoms with Crippen LogP contribution in [0.5, 0.6) is 0 Å². The Kier molecular flexibility index (Phi) is 5.42. The maximum Gasteiger partial charge on any atom is 0.119 e. The molecule has 0 saturated heterocycles. The third kappa shape index (κ3) is 3.19. The first-order chi connectivity index (χ1) is 15.7. The van der Waals surface area contributed by atoms with Crippen molar-refractivity contribution in [3.63, 3.8) is 0 Å². The zero-order valence-corrected chi connectivity index (χ0v) is 20.7. The van der Waals surface area contributed by atoms with E-state index in [2.05, 4.69) is 147 Å². The smallest absolute Gasteiger partial charge is 0.0628 e. The SMILES string of the molecule is C[Si](c1ccccc1)(c1ccccc1)[Si@](C)(c1ccccc1)c1cccc2ccccc12. The molecule has 1 atom stereocenters. The third-order valence-electron chi connectivity index (χ3n) is 7.38. The van der Waals surface area contributed by atoms with E-state index in [0.29, 0.717) is 0 Å². The summed E-state index contributed by atoms with van der Waals surface area (Å²) in [5.41, 5.74) is 0. The van der Waals surface area contributed by atoms with Gasteiger partial charge in [0.2, 0.25) is 0 Å². The maximum absolute atomic E-state index is 2.62. The number of hydrogen-bond donors (Lipinski definition) is 0. The molecule has 32 heavy (non-hydrogen) atoms. The predicted molar refractivity (Wildman–Crippen MR) is 145 cm³/mol. The first-order valence-electron chi connectivity index (χ1n) is 11.3. The molecular formula is C30H28Si2. The van der Waals surface area contributed by atoms with Crippen molar-refractivity contribution in [3.05, 3.63) is 133 Å². The van der Waals surface area contributed by atoms with E-state index in [1.807, 2.05) is 0 Å². The predicted octanol–water partition coefficient (Wildman–Crippen LogP) is 5.00. The Balaban J connectivity index is 1.93. The minimum atomic E-state index is -2.26. The molecule has 0 radical (unpaired) electrons. The van der Waals surface area contributed by atoms with E-state index in [1.54, 1.807) is 5.19 Å². The van der Waals surface area contributed by atoms with Crippen LogP contribution in [0.15, 0.2) is 133 Å². The number of fused-ring (bicyclic) bond motifs is 1. The van der Waals surface area contributed by atoms with Crippen LogP contribution in [0.4, 0.5) is 0 Å². The fourth-order valence-electron chi connectivity index (χ4n) is 5.43. The standard InChI is InChI=1S/C30H28Si2/c1-31(26-17-6-3-7-18-26,27-19-8-4-9-20-27)32(2,28-21-10-5-11-22-28)30-24-14-16-25-15-12-13-23-29(25)30/h3-24H,1-2H3/t32-/m1/s1. The van der Waals surface area contributed by atoms with Crippen molar-refractivity contribution in [2.24, 2.45) is 0 Å². The van der Waals surface area contributed by atoms with Crippen molar-refractivity contribution in [2.75, 3.05) is 0 Å². The monoisotopic (exact) mass is 444 g/mol. The summed E-state index contributed by atoms with van der Waals surface area (Å²) in [5.74, 6) is 0. The normalized spacial score (nSPS) is 13.6. The summed E-state index contributed by atoms with van der Waals surface area (Å²) in [4.78, 5) is 0. The lowest BCUT2D eigenvalue weighted by Gasteiger charge is -2.46. The summed E-state index contributed by atoms with van der Waals surface area (Å²) < 4.78 is 0. The van der Waals surface area contributed by atoms with Gasteiger partial charge in [0.25, 0.3) is 0 Å². The molecule has 0 aromatic heterocycles. The molecule has 0 aliphatic rings. The van der Waals surface area contributed by atoms with Crippen LogP contribution >= 0.6 is 0 Å². The molecule has 5 aromatic carbocycles. The lowest BCUT2D eigenvalue weighted by Crippen LogP contribution is -2.83. The van der Waals surface area contributed by atoms with Gasteiger partial charge in [0, 0.05) is 0 Å². The maximum atomic E-state index is 2.62. The van der Waals surface area contributed by atoms with Crippen molar-refractivity contribution in [2.45, 2.75) is 13.1 Å². The molecule has 0 nitrogen and oxygen atoms in total. The van der Waals surface area contributed by atoms with Gasteiger partial charge in [-0.05, 0) is 16.0 Å². The summed E-state index contributed by atoms with van der Waals surface area (Å²) in [6.07, 6.45) is 0. The average molecular weight is 445 g/mol. The molecule has 0 aliphatic heterocycles. The first-order valence-corrected chi connectivity index (χ1v) is 17.3. The van der Waals surface area contributed by atoms with E-state index in [4.69, 9.17) is 0 Å². The largest absolute Gasteiger partial charge is 0.119 e. The molecule has 0 N–H and O–H groups in total. The zero-order valence-electron chi connectivity index (χ0n) is 18.7. The highest BCUT2D eigenvalue weighted by molar-refractivity contribution is 7.59. The highest BCUT2D eigenvalue weighted by atomic mass is 29.3. The van der Waals surface area contributed by atoms with Gasteiger partial charge >= 0.3 is 0 Å². The van der Waals surface area contributed by atoms with Gasteiger partial charge in [-0.25, -0.2) is 0 Å². The molecule has 2 heteroatoms. The molecule has 156 valence electrons. The quantitative estimate of drug-likeness (QED) is 0.335. The second-order valence-electron chi connectivity index (χ2n) is 8.87. The van der Waals surface area contributed by atoms with Crippen molar-refractivity contribution < 1.29 is 0 Å².